The van der Waals surface area contributed by atoms with Crippen LogP contribution >= 0.6 is 0 Å². The summed E-state index contributed by atoms with van der Waals surface area (Å²) in [5.41, 5.74) is 1.26. The van der Waals surface area contributed by atoms with Gasteiger partial charge in [-0.25, -0.2) is 0 Å². The van der Waals surface area contributed by atoms with Crippen LogP contribution in [0.4, 0.5) is 0 Å². The number of methoxy groups -OCH3 is 1. The van der Waals surface area contributed by atoms with Crippen molar-refractivity contribution < 1.29 is 9.53 Å². The molecule has 1 aromatic rings. The minimum atomic E-state index is -0.290. The third-order valence-corrected chi connectivity index (χ3v) is 3.61. The molecule has 0 heterocycles. The number of carbonyl (C=O) groups is 1. The van der Waals surface area contributed by atoms with Gasteiger partial charge in [-0.3, -0.25) is 9.69 Å². The van der Waals surface area contributed by atoms with Crippen LogP contribution in [-0.4, -0.2) is 43.7 Å². The van der Waals surface area contributed by atoms with Crippen molar-refractivity contribution >= 4 is 5.97 Å². The molecule has 0 saturated heterocycles. The maximum Gasteiger partial charge on any atom is 0.322 e. The maximum atomic E-state index is 11.5. The molecule has 20 heavy (non-hydrogen) atoms. The first-order valence-corrected chi connectivity index (χ1v) is 7.24. The SMILES string of the molecule is CCN(CC)C(CNC(C)C(=O)OC)c1ccccc1. The molecule has 0 saturated carbocycles. The first kappa shape index (κ1) is 16.7. The molecule has 112 valence electrons. The monoisotopic (exact) mass is 278 g/mol. The van der Waals surface area contributed by atoms with Gasteiger partial charge in [-0.1, -0.05) is 44.2 Å². The summed E-state index contributed by atoms with van der Waals surface area (Å²) in [6.07, 6.45) is 0. The van der Waals surface area contributed by atoms with Gasteiger partial charge in [0.2, 0.25) is 0 Å². The fraction of sp³-hybridized carbons (Fsp3) is 0.562. The van der Waals surface area contributed by atoms with Gasteiger partial charge in [0.05, 0.1) is 7.11 Å². The van der Waals surface area contributed by atoms with E-state index in [-0.39, 0.29) is 18.1 Å². The minimum absolute atomic E-state index is 0.226. The van der Waals surface area contributed by atoms with E-state index < -0.39 is 0 Å². The Morgan fingerprint density at radius 3 is 2.35 bits per heavy atom. The largest absolute Gasteiger partial charge is 0.468 e. The van der Waals surface area contributed by atoms with Crippen LogP contribution in [0.25, 0.3) is 0 Å². The van der Waals surface area contributed by atoms with E-state index >= 15 is 0 Å². The highest BCUT2D eigenvalue weighted by Gasteiger charge is 2.20. The first-order chi connectivity index (χ1) is 9.63. The number of hydrogen-bond donors (Lipinski definition) is 1. The number of rotatable bonds is 8. The summed E-state index contributed by atoms with van der Waals surface area (Å²) in [4.78, 5) is 13.9. The van der Waals surface area contributed by atoms with E-state index in [0.717, 1.165) is 19.6 Å². The predicted molar refractivity (Wildman–Crippen MR) is 81.6 cm³/mol. The van der Waals surface area contributed by atoms with E-state index in [2.05, 4.69) is 48.3 Å². The Kier molecular flexibility index (Phi) is 7.26. The molecule has 1 rings (SSSR count). The fourth-order valence-electron chi connectivity index (χ4n) is 2.35. The Labute approximate surface area is 122 Å². The number of hydrogen-bond acceptors (Lipinski definition) is 4. The lowest BCUT2D eigenvalue weighted by atomic mass is 10.0. The summed E-state index contributed by atoms with van der Waals surface area (Å²) in [6.45, 7) is 8.82. The van der Waals surface area contributed by atoms with E-state index in [1.807, 2.05) is 13.0 Å². The standard InChI is InChI=1S/C16H26N2O2/c1-5-18(6-2)15(14-10-8-7-9-11-14)12-17-13(3)16(19)20-4/h7-11,13,15,17H,5-6,12H2,1-4H3. The summed E-state index contributed by atoms with van der Waals surface area (Å²) in [7, 11) is 1.42. The average molecular weight is 278 g/mol. The Morgan fingerprint density at radius 2 is 1.85 bits per heavy atom. The molecular formula is C16H26N2O2. The lowest BCUT2D eigenvalue weighted by Gasteiger charge is -2.31. The van der Waals surface area contributed by atoms with Crippen LogP contribution in [0.5, 0.6) is 0 Å². The van der Waals surface area contributed by atoms with Crippen molar-refractivity contribution in [2.24, 2.45) is 0 Å². The number of benzene rings is 1. The second kappa shape index (κ2) is 8.72. The normalized spacial score (nSPS) is 14.1. The molecule has 1 N–H and O–H groups in total. The van der Waals surface area contributed by atoms with E-state index in [1.54, 1.807) is 0 Å². The van der Waals surface area contributed by atoms with Crippen LogP contribution in [0, 0.1) is 0 Å². The molecule has 0 aliphatic rings. The number of nitrogens with one attached hydrogen (secondary N) is 1. The number of carbonyl (C=O) groups excluding carboxylic acids is 1. The van der Waals surface area contributed by atoms with Crippen molar-refractivity contribution in [2.75, 3.05) is 26.7 Å². The quantitative estimate of drug-likeness (QED) is 0.740. The molecule has 0 amide bonds. The van der Waals surface area contributed by atoms with Crippen LogP contribution in [-0.2, 0) is 9.53 Å². The number of ether oxygens (including phenoxy) is 1. The van der Waals surface area contributed by atoms with Crippen molar-refractivity contribution in [1.29, 1.82) is 0 Å². The molecule has 2 atom stereocenters. The molecule has 4 heteroatoms. The Bertz CT molecular complexity index is 391. The molecule has 0 spiro atoms. The lowest BCUT2D eigenvalue weighted by molar-refractivity contribution is -0.142. The Hall–Kier alpha value is -1.39. The second-order valence-corrected chi connectivity index (χ2v) is 4.80. The topological polar surface area (TPSA) is 41.6 Å². The molecule has 4 nitrogen and oxygen atoms in total. The van der Waals surface area contributed by atoms with Crippen molar-refractivity contribution in [2.45, 2.75) is 32.9 Å². The Balaban J connectivity index is 2.76. The molecule has 2 unspecified atom stereocenters. The van der Waals surface area contributed by atoms with Crippen molar-refractivity contribution in [3.05, 3.63) is 35.9 Å². The van der Waals surface area contributed by atoms with Crippen LogP contribution in [0.15, 0.2) is 30.3 Å². The molecule has 0 aromatic heterocycles. The van der Waals surface area contributed by atoms with Gasteiger partial charge in [0.1, 0.15) is 6.04 Å². The van der Waals surface area contributed by atoms with Gasteiger partial charge in [-0.2, -0.15) is 0 Å². The van der Waals surface area contributed by atoms with Gasteiger partial charge in [0.15, 0.2) is 0 Å². The van der Waals surface area contributed by atoms with E-state index in [0.29, 0.717) is 0 Å². The van der Waals surface area contributed by atoms with Gasteiger partial charge >= 0.3 is 5.97 Å². The van der Waals surface area contributed by atoms with Crippen molar-refractivity contribution in [3.8, 4) is 0 Å². The Morgan fingerprint density at radius 1 is 1.25 bits per heavy atom. The minimum Gasteiger partial charge on any atom is -0.468 e. The first-order valence-electron chi connectivity index (χ1n) is 7.24. The number of likely N-dealkylation sites (N-methyl/N-ethyl adjacent to an activating group) is 1. The molecule has 0 aliphatic carbocycles. The smallest absolute Gasteiger partial charge is 0.322 e. The highest BCUT2D eigenvalue weighted by molar-refractivity contribution is 5.75. The van der Waals surface area contributed by atoms with Crippen molar-refractivity contribution in [3.63, 3.8) is 0 Å². The molecule has 0 fully saturated rings. The van der Waals surface area contributed by atoms with E-state index in [9.17, 15) is 4.79 Å². The van der Waals surface area contributed by atoms with Gasteiger partial charge in [0.25, 0.3) is 0 Å². The van der Waals surface area contributed by atoms with Crippen LogP contribution in [0.3, 0.4) is 0 Å². The van der Waals surface area contributed by atoms with Crippen molar-refractivity contribution in [1.82, 2.24) is 10.2 Å². The molecule has 1 aromatic carbocycles. The van der Waals surface area contributed by atoms with E-state index in [1.165, 1.54) is 12.7 Å². The molecular weight excluding hydrogens is 252 g/mol. The predicted octanol–water partition coefficient (Wildman–Crippen LogP) is 2.22. The van der Waals surface area contributed by atoms with Gasteiger partial charge in [0, 0.05) is 12.6 Å². The number of esters is 1. The summed E-state index contributed by atoms with van der Waals surface area (Å²) >= 11 is 0. The number of nitrogens with zero attached hydrogens (tertiary/aromatic N) is 1. The molecule has 0 radical (unpaired) electrons. The van der Waals surface area contributed by atoms with Crippen LogP contribution < -0.4 is 5.32 Å². The molecule has 0 aliphatic heterocycles. The summed E-state index contributed by atoms with van der Waals surface area (Å²) in [5, 5.41) is 3.26. The highest BCUT2D eigenvalue weighted by atomic mass is 16.5. The zero-order valence-electron chi connectivity index (χ0n) is 12.9. The lowest BCUT2D eigenvalue weighted by Crippen LogP contribution is -2.42. The van der Waals surface area contributed by atoms with Gasteiger partial charge in [-0.15, -0.1) is 0 Å². The average Bonchev–Trinajstić information content (AvgIpc) is 2.51. The van der Waals surface area contributed by atoms with Gasteiger partial charge in [-0.05, 0) is 25.6 Å². The van der Waals surface area contributed by atoms with Gasteiger partial charge < -0.3 is 10.1 Å². The third kappa shape index (κ3) is 4.62. The zero-order chi connectivity index (χ0) is 15.0. The highest BCUT2D eigenvalue weighted by Crippen LogP contribution is 2.19. The van der Waals surface area contributed by atoms with E-state index in [4.69, 9.17) is 4.74 Å². The van der Waals surface area contributed by atoms with Crippen LogP contribution in [0.2, 0.25) is 0 Å². The maximum absolute atomic E-state index is 11.5. The fourth-order valence-corrected chi connectivity index (χ4v) is 2.35. The summed E-state index contributed by atoms with van der Waals surface area (Å²) < 4.78 is 4.75. The van der Waals surface area contributed by atoms with Crippen LogP contribution in [0.1, 0.15) is 32.4 Å². The second-order valence-electron chi connectivity index (χ2n) is 4.80. The molecule has 0 bridgehead atoms. The summed E-state index contributed by atoms with van der Waals surface area (Å²) in [6, 6.07) is 10.4. The third-order valence-electron chi connectivity index (χ3n) is 3.61. The zero-order valence-corrected chi connectivity index (χ0v) is 12.9. The summed E-state index contributed by atoms with van der Waals surface area (Å²) in [5.74, 6) is -0.226.